The van der Waals surface area contributed by atoms with E-state index in [2.05, 4.69) is 15.0 Å². The minimum Gasteiger partial charge on any atom is -0.387 e. The van der Waals surface area contributed by atoms with Gasteiger partial charge in [-0.05, 0) is 17.9 Å². The molecule has 0 saturated carbocycles. The Labute approximate surface area is 109 Å². The fraction of sp³-hybridized carbons (Fsp3) is 0.500. The fourth-order valence-corrected chi connectivity index (χ4v) is 2.77. The molecule has 1 saturated heterocycles. The Hall–Kier alpha value is -1.24. The lowest BCUT2D eigenvalue weighted by Gasteiger charge is -2.45. The average Bonchev–Trinajstić information content (AvgIpc) is 2.96. The number of rotatable bonds is 4. The molecule has 0 spiro atoms. The molecule has 1 aliphatic heterocycles. The lowest BCUT2D eigenvalue weighted by molar-refractivity contribution is -0.104. The number of hydrogen-bond donors (Lipinski definition) is 1. The molecular weight excluding hydrogens is 250 g/mol. The van der Waals surface area contributed by atoms with E-state index in [1.807, 2.05) is 23.8 Å². The van der Waals surface area contributed by atoms with Gasteiger partial charge in [0.05, 0.1) is 17.7 Å². The summed E-state index contributed by atoms with van der Waals surface area (Å²) in [6.45, 7) is 4.01. The van der Waals surface area contributed by atoms with Crippen molar-refractivity contribution < 1.29 is 9.63 Å². The highest BCUT2D eigenvalue weighted by atomic mass is 32.1. The van der Waals surface area contributed by atoms with E-state index in [9.17, 15) is 5.11 Å². The molecule has 18 heavy (non-hydrogen) atoms. The van der Waals surface area contributed by atoms with E-state index in [1.165, 1.54) is 0 Å². The molecule has 1 aliphatic rings. The van der Waals surface area contributed by atoms with Crippen LogP contribution in [-0.4, -0.2) is 38.8 Å². The first-order valence-electron chi connectivity index (χ1n) is 5.98. The molecule has 0 bridgehead atoms. The molecule has 3 heterocycles. The van der Waals surface area contributed by atoms with Crippen LogP contribution in [0.1, 0.15) is 19.2 Å². The predicted molar refractivity (Wildman–Crippen MR) is 68.1 cm³/mol. The molecule has 96 valence electrons. The third-order valence-electron chi connectivity index (χ3n) is 3.30. The summed E-state index contributed by atoms with van der Waals surface area (Å²) in [4.78, 5) is 6.47. The molecule has 0 aromatic carbocycles. The van der Waals surface area contributed by atoms with Crippen molar-refractivity contribution in [1.82, 2.24) is 15.0 Å². The van der Waals surface area contributed by atoms with Gasteiger partial charge in [-0.1, -0.05) is 12.1 Å². The van der Waals surface area contributed by atoms with Crippen molar-refractivity contribution in [3.8, 4) is 11.5 Å². The van der Waals surface area contributed by atoms with Crippen LogP contribution in [-0.2, 0) is 6.54 Å². The monoisotopic (exact) mass is 265 g/mol. The Morgan fingerprint density at radius 1 is 1.56 bits per heavy atom. The smallest absolute Gasteiger partial charge is 0.258 e. The lowest BCUT2D eigenvalue weighted by atomic mass is 9.91. The first kappa shape index (κ1) is 11.8. The van der Waals surface area contributed by atoms with Gasteiger partial charge in [0, 0.05) is 18.5 Å². The van der Waals surface area contributed by atoms with E-state index in [0.29, 0.717) is 31.3 Å². The molecule has 6 heteroatoms. The van der Waals surface area contributed by atoms with Crippen LogP contribution in [0.15, 0.2) is 21.3 Å². The number of hydrogen-bond acceptors (Lipinski definition) is 6. The third-order valence-corrected chi connectivity index (χ3v) is 3.98. The van der Waals surface area contributed by atoms with Crippen molar-refractivity contribution in [2.75, 3.05) is 13.1 Å². The molecule has 0 unspecified atom stereocenters. The zero-order chi connectivity index (χ0) is 12.6. The molecule has 0 aliphatic carbocycles. The van der Waals surface area contributed by atoms with Gasteiger partial charge in [-0.25, -0.2) is 0 Å². The van der Waals surface area contributed by atoms with Gasteiger partial charge >= 0.3 is 0 Å². The first-order chi connectivity index (χ1) is 8.68. The largest absolute Gasteiger partial charge is 0.387 e. The van der Waals surface area contributed by atoms with Gasteiger partial charge in [0.25, 0.3) is 5.89 Å². The Kier molecular flexibility index (Phi) is 2.93. The summed E-state index contributed by atoms with van der Waals surface area (Å²) in [5, 5.41) is 17.8. The number of likely N-dealkylation sites (tertiary alicyclic amines) is 1. The van der Waals surface area contributed by atoms with Crippen molar-refractivity contribution >= 4 is 11.3 Å². The number of aliphatic hydroxyl groups is 1. The van der Waals surface area contributed by atoms with Gasteiger partial charge in [0.15, 0.2) is 5.82 Å². The number of β-amino-alcohol motifs (C(OH)–C–C–N with tert-alkyl or cyclic N) is 1. The van der Waals surface area contributed by atoms with Crippen LogP contribution < -0.4 is 0 Å². The van der Waals surface area contributed by atoms with Gasteiger partial charge in [-0.2, -0.15) is 16.3 Å². The molecule has 5 nitrogen and oxygen atoms in total. The number of nitrogens with zero attached hydrogens (tertiary/aromatic N) is 3. The Bertz CT molecular complexity index is 517. The van der Waals surface area contributed by atoms with E-state index in [-0.39, 0.29) is 0 Å². The summed E-state index contributed by atoms with van der Waals surface area (Å²) >= 11 is 1.60. The third kappa shape index (κ3) is 2.19. The SMILES string of the molecule is CCC1(O)CN(Cc2noc(-c3ccsc3)n2)C1. The van der Waals surface area contributed by atoms with Crippen molar-refractivity contribution in [2.45, 2.75) is 25.5 Å². The highest BCUT2D eigenvalue weighted by Gasteiger charge is 2.39. The molecular formula is C12H15N3O2S. The Morgan fingerprint density at radius 3 is 3.06 bits per heavy atom. The summed E-state index contributed by atoms with van der Waals surface area (Å²) in [5.41, 5.74) is 0.451. The minimum atomic E-state index is -0.514. The van der Waals surface area contributed by atoms with E-state index >= 15 is 0 Å². The van der Waals surface area contributed by atoms with Crippen molar-refractivity contribution in [3.05, 3.63) is 22.7 Å². The molecule has 1 N–H and O–H groups in total. The Morgan fingerprint density at radius 2 is 2.39 bits per heavy atom. The summed E-state index contributed by atoms with van der Waals surface area (Å²) < 4.78 is 5.21. The highest BCUT2D eigenvalue weighted by Crippen LogP contribution is 2.26. The number of thiophene rings is 1. The summed E-state index contributed by atoms with van der Waals surface area (Å²) in [7, 11) is 0. The maximum Gasteiger partial charge on any atom is 0.258 e. The van der Waals surface area contributed by atoms with E-state index in [4.69, 9.17) is 4.52 Å². The molecule has 2 aromatic heterocycles. The second-order valence-corrected chi connectivity index (χ2v) is 5.53. The molecule has 3 rings (SSSR count). The topological polar surface area (TPSA) is 62.4 Å². The second kappa shape index (κ2) is 4.46. The van der Waals surface area contributed by atoms with Crippen LogP contribution in [0.4, 0.5) is 0 Å². The second-order valence-electron chi connectivity index (χ2n) is 4.75. The normalized spacial score (nSPS) is 18.8. The van der Waals surface area contributed by atoms with Gasteiger partial charge in [-0.15, -0.1) is 0 Å². The zero-order valence-electron chi connectivity index (χ0n) is 10.2. The van der Waals surface area contributed by atoms with E-state index < -0.39 is 5.60 Å². The maximum atomic E-state index is 9.92. The summed E-state index contributed by atoms with van der Waals surface area (Å²) in [6, 6.07) is 1.96. The van der Waals surface area contributed by atoms with Gasteiger partial charge in [0.2, 0.25) is 0 Å². The number of aromatic nitrogens is 2. The summed E-state index contributed by atoms with van der Waals surface area (Å²) in [5.74, 6) is 1.24. The maximum absolute atomic E-state index is 9.92. The van der Waals surface area contributed by atoms with Crippen LogP contribution in [0, 0.1) is 0 Å². The van der Waals surface area contributed by atoms with Crippen LogP contribution in [0.25, 0.3) is 11.5 Å². The predicted octanol–water partition coefficient (Wildman–Crippen LogP) is 1.75. The van der Waals surface area contributed by atoms with Crippen molar-refractivity contribution in [2.24, 2.45) is 0 Å². The molecule has 2 aromatic rings. The quantitative estimate of drug-likeness (QED) is 0.912. The van der Waals surface area contributed by atoms with Gasteiger partial charge < -0.3 is 9.63 Å². The standard InChI is InChI=1S/C12H15N3O2S/c1-2-12(16)7-15(8-12)5-10-13-11(17-14-10)9-3-4-18-6-9/h3-4,6,16H,2,5,7-8H2,1H3. The lowest BCUT2D eigenvalue weighted by Crippen LogP contribution is -2.60. The van der Waals surface area contributed by atoms with Crippen molar-refractivity contribution in [1.29, 1.82) is 0 Å². The minimum absolute atomic E-state index is 0.514. The molecule has 0 amide bonds. The van der Waals surface area contributed by atoms with Gasteiger partial charge in [0.1, 0.15) is 0 Å². The van der Waals surface area contributed by atoms with Gasteiger partial charge in [-0.3, -0.25) is 4.90 Å². The molecule has 1 fully saturated rings. The van der Waals surface area contributed by atoms with Crippen LogP contribution >= 0.6 is 11.3 Å². The van der Waals surface area contributed by atoms with Crippen LogP contribution in [0.3, 0.4) is 0 Å². The Balaban J connectivity index is 1.62. The highest BCUT2D eigenvalue weighted by molar-refractivity contribution is 7.08. The molecule has 0 radical (unpaired) electrons. The summed E-state index contributed by atoms with van der Waals surface area (Å²) in [6.07, 6.45) is 0.788. The average molecular weight is 265 g/mol. The van der Waals surface area contributed by atoms with E-state index in [1.54, 1.807) is 11.3 Å². The van der Waals surface area contributed by atoms with Crippen molar-refractivity contribution in [3.63, 3.8) is 0 Å². The van der Waals surface area contributed by atoms with E-state index in [0.717, 1.165) is 12.0 Å². The fourth-order valence-electron chi connectivity index (χ4n) is 2.14. The van der Waals surface area contributed by atoms with Crippen LogP contribution in [0.2, 0.25) is 0 Å². The zero-order valence-corrected chi connectivity index (χ0v) is 11.0. The first-order valence-corrected chi connectivity index (χ1v) is 6.93. The molecule has 0 atom stereocenters. The van der Waals surface area contributed by atoms with Crippen LogP contribution in [0.5, 0.6) is 0 Å².